The second kappa shape index (κ2) is 22.2. The number of ether oxygens (including phenoxy) is 2. The number of rotatable bonds is 15. The molecule has 1 atom stereocenters. The summed E-state index contributed by atoms with van der Waals surface area (Å²) in [6, 6.07) is 29.2. The zero-order valence-electron chi connectivity index (χ0n) is 38.2. The van der Waals surface area contributed by atoms with E-state index < -0.39 is 23.3 Å². The van der Waals surface area contributed by atoms with E-state index in [4.69, 9.17) is 24.4 Å². The van der Waals surface area contributed by atoms with Crippen LogP contribution in [-0.2, 0) is 11.8 Å². The van der Waals surface area contributed by atoms with E-state index in [0.717, 1.165) is 46.6 Å². The monoisotopic (exact) mass is 919 g/mol. The lowest BCUT2D eigenvalue weighted by molar-refractivity contribution is 0.0450. The molecule has 0 amide bonds. The van der Waals surface area contributed by atoms with Crippen LogP contribution in [0.4, 0.5) is 21.5 Å². The number of anilines is 1. The highest BCUT2D eigenvalue weighted by Gasteiger charge is 2.34. The van der Waals surface area contributed by atoms with Gasteiger partial charge in [0.2, 0.25) is 5.88 Å². The number of azo groups is 1. The summed E-state index contributed by atoms with van der Waals surface area (Å²) in [5.41, 5.74) is 2.76. The number of carbonyl (C=O) groups is 2. The van der Waals surface area contributed by atoms with Crippen molar-refractivity contribution in [3.05, 3.63) is 135 Å². The van der Waals surface area contributed by atoms with Gasteiger partial charge in [-0.15, -0.1) is 10.2 Å². The molecule has 0 saturated heterocycles. The Balaban J connectivity index is 0.000000222. The summed E-state index contributed by atoms with van der Waals surface area (Å²) in [7, 11) is 5.20. The number of aliphatic imine (C=N–C) groups is 1. The molecule has 17 nitrogen and oxygen atoms in total. The lowest BCUT2D eigenvalue weighted by Gasteiger charge is -2.14. The second-order valence-electron chi connectivity index (χ2n) is 15.4. The van der Waals surface area contributed by atoms with Gasteiger partial charge in [-0.1, -0.05) is 92.6 Å². The molecule has 4 heterocycles. The van der Waals surface area contributed by atoms with Crippen LogP contribution < -0.4 is 15.2 Å². The molecule has 6 aromatic rings. The van der Waals surface area contributed by atoms with Crippen LogP contribution in [-0.4, -0.2) is 74.3 Å². The molecule has 3 aromatic heterocycles. The number of para-hydroxylation sites is 1. The maximum atomic E-state index is 13.1. The van der Waals surface area contributed by atoms with Crippen LogP contribution in [0.1, 0.15) is 90.3 Å². The minimum atomic E-state index is -0.600. The Hall–Kier alpha value is -8.09. The molecule has 18 heteroatoms. The van der Waals surface area contributed by atoms with Gasteiger partial charge in [-0.25, -0.2) is 19.8 Å². The third-order valence-corrected chi connectivity index (χ3v) is 11.8. The first kappa shape index (κ1) is 48.4. The number of hydrogen-bond acceptors (Lipinski definition) is 16. The zero-order valence-corrected chi connectivity index (χ0v) is 39.0. The normalized spacial score (nSPS) is 13.1. The maximum absolute atomic E-state index is 13.1. The van der Waals surface area contributed by atoms with Crippen molar-refractivity contribution in [2.45, 2.75) is 59.3 Å². The van der Waals surface area contributed by atoms with Crippen molar-refractivity contribution in [2.75, 3.05) is 32.2 Å². The van der Waals surface area contributed by atoms with E-state index in [9.17, 15) is 30.0 Å². The third-order valence-electron chi connectivity index (χ3n) is 10.7. The molecule has 0 saturated carbocycles. The molecule has 0 bridgehead atoms. The van der Waals surface area contributed by atoms with E-state index in [0.29, 0.717) is 39.4 Å². The van der Waals surface area contributed by atoms with E-state index >= 15 is 0 Å². The number of hydrogen-bond donors (Lipinski definition) is 1. The number of esters is 1. The molecule has 0 aliphatic carbocycles. The van der Waals surface area contributed by atoms with E-state index in [1.165, 1.54) is 36.1 Å². The number of carbonyl (C=O) groups excluding carboxylic acids is 2. The van der Waals surface area contributed by atoms with Gasteiger partial charge in [-0.05, 0) is 57.0 Å². The van der Waals surface area contributed by atoms with Crippen molar-refractivity contribution in [1.29, 1.82) is 10.5 Å². The topological polar surface area (TPSA) is 226 Å². The molecule has 0 fully saturated rings. The van der Waals surface area contributed by atoms with Crippen LogP contribution in [0.5, 0.6) is 11.6 Å². The smallest absolute Gasteiger partial charge is 0.338 e. The van der Waals surface area contributed by atoms with Gasteiger partial charge in [0, 0.05) is 43.8 Å². The number of aromatic hydroxyl groups is 1. The lowest BCUT2D eigenvalue weighted by Crippen LogP contribution is -2.28. The van der Waals surface area contributed by atoms with Gasteiger partial charge in [-0.3, -0.25) is 14.2 Å². The minimum Gasteiger partial charge on any atom is -0.493 e. The van der Waals surface area contributed by atoms with Gasteiger partial charge >= 0.3 is 5.97 Å². The van der Waals surface area contributed by atoms with Crippen molar-refractivity contribution < 1.29 is 24.2 Å². The Labute approximate surface area is 391 Å². The van der Waals surface area contributed by atoms with Crippen molar-refractivity contribution in [3.63, 3.8) is 0 Å². The van der Waals surface area contributed by atoms with Crippen LogP contribution in [0, 0.1) is 29.6 Å². The first-order chi connectivity index (χ1) is 32.3. The first-order valence-electron chi connectivity index (χ1n) is 21.5. The number of unbranched alkanes of at least 4 members (excludes halogenated alkanes) is 1. The summed E-state index contributed by atoms with van der Waals surface area (Å²) in [5, 5.41) is 42.9. The average Bonchev–Trinajstić information content (AvgIpc) is 3.98. The number of allylic oxidation sites excluding steroid dienone is 2. The molecule has 0 radical (unpaired) electrons. The van der Waals surface area contributed by atoms with Crippen LogP contribution in [0.2, 0.25) is 0 Å². The predicted molar refractivity (Wildman–Crippen MR) is 255 cm³/mol. The fourth-order valence-corrected chi connectivity index (χ4v) is 7.74. The van der Waals surface area contributed by atoms with Gasteiger partial charge < -0.3 is 19.5 Å². The van der Waals surface area contributed by atoms with Crippen molar-refractivity contribution in [1.82, 2.24) is 24.3 Å². The van der Waals surface area contributed by atoms with E-state index in [1.807, 2.05) is 73.6 Å². The van der Waals surface area contributed by atoms with E-state index in [2.05, 4.69) is 35.2 Å². The number of aromatic nitrogens is 5. The Morgan fingerprint density at radius 1 is 0.940 bits per heavy atom. The average molecular weight is 920 g/mol. The molecule has 1 unspecified atom stereocenters. The number of thiazole rings is 1. The second-order valence-corrected chi connectivity index (χ2v) is 16.4. The third kappa shape index (κ3) is 11.1. The molecule has 1 aliphatic rings. The standard InChI is InChI=1S/C26H29N7OS.C23H20N4O5/c1-6-8-12-17(7-2)22-30-23-20(16(3)19(15-27)25(34)33(23)31-22)28-24-21(18-13-10-9-11-14-18)29-26(35-24)32(4)5;1-15-19(14-24)21(28)27(2)22(29)20(15)26-25-17-8-6-7-16(13-17)23(30)32-12-11-31-18-9-4-3-5-10-18/h9-11,13-14,17H,6-8,12H2,1-5H3;3-10,13,28H,11-12H2,1-2H3. The van der Waals surface area contributed by atoms with Crippen LogP contribution >= 0.6 is 11.3 Å². The van der Waals surface area contributed by atoms with Gasteiger partial charge in [-0.2, -0.15) is 20.3 Å². The van der Waals surface area contributed by atoms with Crippen molar-refractivity contribution >= 4 is 50.4 Å². The Morgan fingerprint density at radius 2 is 1.66 bits per heavy atom. The summed E-state index contributed by atoms with van der Waals surface area (Å²) in [4.78, 5) is 54.3. The Kier molecular flexibility index (Phi) is 16.0. The van der Waals surface area contributed by atoms with E-state index in [1.54, 1.807) is 37.3 Å². The van der Waals surface area contributed by atoms with Crippen LogP contribution in [0.3, 0.4) is 0 Å². The van der Waals surface area contributed by atoms with Crippen LogP contribution in [0.25, 0.3) is 11.3 Å². The molecule has 3 aromatic carbocycles. The number of nitriles is 2. The molecule has 7 rings (SSSR count). The quantitative estimate of drug-likeness (QED) is 0.0577. The van der Waals surface area contributed by atoms with Gasteiger partial charge in [0.25, 0.3) is 11.5 Å². The highest BCUT2D eigenvalue weighted by atomic mass is 32.1. The maximum Gasteiger partial charge on any atom is 0.338 e. The van der Waals surface area contributed by atoms with E-state index in [-0.39, 0.29) is 47.1 Å². The molecule has 1 N–H and O–H groups in total. The fraction of sp³-hybridized carbons (Fsp3) is 0.286. The molecule has 1 aliphatic heterocycles. The summed E-state index contributed by atoms with van der Waals surface area (Å²) in [6.07, 6.45) is 3.97. The summed E-state index contributed by atoms with van der Waals surface area (Å²) >= 11 is 1.45. The Morgan fingerprint density at radius 3 is 2.31 bits per heavy atom. The molecule has 0 spiro atoms. The zero-order chi connectivity index (χ0) is 48.2. The number of pyridine rings is 1. The number of fused-ring (bicyclic) bond motifs is 1. The Bertz CT molecular complexity index is 3010. The largest absolute Gasteiger partial charge is 0.493 e. The number of benzene rings is 3. The molecule has 342 valence electrons. The summed E-state index contributed by atoms with van der Waals surface area (Å²) in [6.45, 7) is 7.78. The summed E-state index contributed by atoms with van der Waals surface area (Å²) in [5.74, 6) is 0.403. The highest BCUT2D eigenvalue weighted by molar-refractivity contribution is 7.19. The van der Waals surface area contributed by atoms with Gasteiger partial charge in [0.15, 0.2) is 22.5 Å². The summed E-state index contributed by atoms with van der Waals surface area (Å²) < 4.78 is 12.9. The minimum absolute atomic E-state index is 0.0351. The molecular formula is C49H49N11O6S. The SMILES string of the molecule is CCCCC(CC)c1nc2n(n1)C(=O)C(C#N)=C(C)C2=Nc1sc(N(C)C)nc1-c1ccccc1.Cc1c(C#N)c(O)n(C)c(=O)c1N=Nc1cccc(C(=O)OCCOc2ccccc2)c1. The molecule has 67 heavy (non-hydrogen) atoms. The fourth-order valence-electron chi connectivity index (χ4n) is 6.85. The molecular weight excluding hydrogens is 871 g/mol. The first-order valence-corrected chi connectivity index (χ1v) is 22.3. The predicted octanol–water partition coefficient (Wildman–Crippen LogP) is 9.69. The van der Waals surface area contributed by atoms with Crippen molar-refractivity contribution in [2.24, 2.45) is 22.3 Å². The number of nitrogens with zero attached hydrogens (tertiary/aromatic N) is 11. The van der Waals surface area contributed by atoms with Gasteiger partial charge in [0.05, 0.1) is 11.3 Å². The lowest BCUT2D eigenvalue weighted by atomic mass is 9.98. The van der Waals surface area contributed by atoms with Crippen LogP contribution in [0.15, 0.2) is 116 Å². The van der Waals surface area contributed by atoms with Gasteiger partial charge in [0.1, 0.15) is 58.6 Å². The highest BCUT2D eigenvalue weighted by Crippen LogP contribution is 2.40. The van der Waals surface area contributed by atoms with Crippen molar-refractivity contribution in [3.8, 4) is 35.0 Å².